The van der Waals surface area contributed by atoms with Gasteiger partial charge in [-0.05, 0) is 31.6 Å². The molecule has 0 bridgehead atoms. The first-order valence-electron chi connectivity index (χ1n) is 6.99. The van der Waals surface area contributed by atoms with Crippen LogP contribution < -0.4 is 5.32 Å². The second-order valence-corrected chi connectivity index (χ2v) is 4.99. The van der Waals surface area contributed by atoms with Crippen molar-refractivity contribution in [2.24, 2.45) is 0 Å². The van der Waals surface area contributed by atoms with E-state index in [9.17, 15) is 4.39 Å². The Morgan fingerprint density at radius 3 is 2.95 bits per heavy atom. The summed E-state index contributed by atoms with van der Waals surface area (Å²) in [4.78, 5) is 2.37. The minimum absolute atomic E-state index is 0.123. The van der Waals surface area contributed by atoms with Gasteiger partial charge in [-0.25, -0.2) is 4.39 Å². The average molecular weight is 266 g/mol. The van der Waals surface area contributed by atoms with Crippen molar-refractivity contribution >= 4 is 0 Å². The topological polar surface area (TPSA) is 24.5 Å². The van der Waals surface area contributed by atoms with Gasteiger partial charge in [-0.15, -0.1) is 0 Å². The number of hydrogen-bond acceptors (Lipinski definition) is 3. The molecule has 4 heteroatoms. The van der Waals surface area contributed by atoms with Crippen LogP contribution in [-0.4, -0.2) is 50.3 Å². The highest BCUT2D eigenvalue weighted by Crippen LogP contribution is 2.15. The van der Waals surface area contributed by atoms with Gasteiger partial charge in [0.25, 0.3) is 0 Å². The minimum Gasteiger partial charge on any atom is -0.374 e. The standard InChI is InChI=1S/C15H23FN2O/c1-3-18-8-9-19-15(11-18)14(17-2)10-12-6-4-5-7-13(12)16/h4-7,14-15,17H,3,8-11H2,1-2H3. The van der Waals surface area contributed by atoms with Gasteiger partial charge in [0, 0.05) is 19.1 Å². The van der Waals surface area contributed by atoms with E-state index >= 15 is 0 Å². The second-order valence-electron chi connectivity index (χ2n) is 4.99. The number of benzene rings is 1. The molecule has 106 valence electrons. The zero-order chi connectivity index (χ0) is 13.7. The van der Waals surface area contributed by atoms with Gasteiger partial charge in [-0.1, -0.05) is 25.1 Å². The molecule has 2 unspecified atom stereocenters. The lowest BCUT2D eigenvalue weighted by Gasteiger charge is -2.36. The fraction of sp³-hybridized carbons (Fsp3) is 0.600. The lowest BCUT2D eigenvalue weighted by atomic mass is 9.99. The van der Waals surface area contributed by atoms with Crippen molar-refractivity contribution in [1.29, 1.82) is 0 Å². The van der Waals surface area contributed by atoms with Crippen molar-refractivity contribution in [3.8, 4) is 0 Å². The molecule has 0 radical (unpaired) electrons. The Bertz CT molecular complexity index is 399. The Hall–Kier alpha value is -0.970. The quantitative estimate of drug-likeness (QED) is 0.877. The Balaban J connectivity index is 2.01. The second kappa shape index (κ2) is 6.98. The van der Waals surface area contributed by atoms with Gasteiger partial charge in [0.15, 0.2) is 0 Å². The first kappa shape index (κ1) is 14.4. The molecule has 1 aliphatic rings. The van der Waals surface area contributed by atoms with Crippen LogP contribution in [0.3, 0.4) is 0 Å². The van der Waals surface area contributed by atoms with Crippen molar-refractivity contribution in [3.63, 3.8) is 0 Å². The Labute approximate surface area is 114 Å². The monoisotopic (exact) mass is 266 g/mol. The fourth-order valence-corrected chi connectivity index (χ4v) is 2.58. The molecule has 1 fully saturated rings. The lowest BCUT2D eigenvalue weighted by molar-refractivity contribution is -0.0437. The van der Waals surface area contributed by atoms with E-state index in [1.54, 1.807) is 6.07 Å². The van der Waals surface area contributed by atoms with E-state index in [4.69, 9.17) is 4.74 Å². The number of ether oxygens (including phenoxy) is 1. The summed E-state index contributed by atoms with van der Waals surface area (Å²) in [5, 5.41) is 3.27. The molecule has 1 aromatic carbocycles. The van der Waals surface area contributed by atoms with Gasteiger partial charge in [0.2, 0.25) is 0 Å². The highest BCUT2D eigenvalue weighted by atomic mass is 19.1. The van der Waals surface area contributed by atoms with Crippen molar-refractivity contribution in [2.45, 2.75) is 25.5 Å². The van der Waals surface area contributed by atoms with Gasteiger partial charge in [0.1, 0.15) is 5.82 Å². The minimum atomic E-state index is -0.133. The van der Waals surface area contributed by atoms with E-state index < -0.39 is 0 Å². The van der Waals surface area contributed by atoms with E-state index in [0.717, 1.165) is 31.8 Å². The van der Waals surface area contributed by atoms with Crippen LogP contribution in [0.5, 0.6) is 0 Å². The molecule has 1 saturated heterocycles. The largest absolute Gasteiger partial charge is 0.374 e. The molecule has 0 spiro atoms. The van der Waals surface area contributed by atoms with E-state index in [-0.39, 0.29) is 18.0 Å². The van der Waals surface area contributed by atoms with Gasteiger partial charge in [-0.3, -0.25) is 4.90 Å². The predicted molar refractivity (Wildman–Crippen MR) is 74.8 cm³/mol. The molecule has 2 atom stereocenters. The van der Waals surface area contributed by atoms with E-state index in [1.165, 1.54) is 6.07 Å². The number of morpholine rings is 1. The first-order valence-corrected chi connectivity index (χ1v) is 6.99. The van der Waals surface area contributed by atoms with Gasteiger partial charge >= 0.3 is 0 Å². The summed E-state index contributed by atoms with van der Waals surface area (Å²) in [6.07, 6.45) is 0.782. The maximum atomic E-state index is 13.7. The van der Waals surface area contributed by atoms with E-state index in [1.807, 2.05) is 19.2 Å². The normalized spacial score (nSPS) is 22.4. The van der Waals surface area contributed by atoms with E-state index in [2.05, 4.69) is 17.1 Å². The maximum absolute atomic E-state index is 13.7. The summed E-state index contributed by atoms with van der Waals surface area (Å²) < 4.78 is 19.6. The Morgan fingerprint density at radius 2 is 2.26 bits per heavy atom. The SMILES string of the molecule is CCN1CCOC(C(Cc2ccccc2F)NC)C1. The highest BCUT2D eigenvalue weighted by Gasteiger charge is 2.27. The van der Waals surface area contributed by atoms with Crippen molar-refractivity contribution in [1.82, 2.24) is 10.2 Å². The molecule has 1 heterocycles. The molecule has 0 amide bonds. The van der Waals surface area contributed by atoms with Crippen molar-refractivity contribution in [3.05, 3.63) is 35.6 Å². The molecular formula is C15H23FN2O. The van der Waals surface area contributed by atoms with Crippen LogP contribution in [0.2, 0.25) is 0 Å². The molecule has 2 rings (SSSR count). The molecule has 0 aromatic heterocycles. The number of hydrogen-bond donors (Lipinski definition) is 1. The van der Waals surface area contributed by atoms with Crippen LogP contribution in [0.15, 0.2) is 24.3 Å². The number of rotatable bonds is 5. The molecular weight excluding hydrogens is 243 g/mol. The van der Waals surface area contributed by atoms with Crippen molar-refractivity contribution in [2.75, 3.05) is 33.3 Å². The summed E-state index contributed by atoms with van der Waals surface area (Å²) in [6.45, 7) is 5.86. The smallest absolute Gasteiger partial charge is 0.126 e. The summed E-state index contributed by atoms with van der Waals surface area (Å²) in [5.41, 5.74) is 0.749. The van der Waals surface area contributed by atoms with Crippen LogP contribution in [0.25, 0.3) is 0 Å². The van der Waals surface area contributed by atoms with Crippen LogP contribution in [-0.2, 0) is 11.2 Å². The molecule has 1 aromatic rings. The average Bonchev–Trinajstić information content (AvgIpc) is 2.46. The number of likely N-dealkylation sites (N-methyl/N-ethyl adjacent to an activating group) is 2. The zero-order valence-corrected chi connectivity index (χ0v) is 11.7. The third kappa shape index (κ3) is 3.75. The summed E-state index contributed by atoms with van der Waals surface area (Å²) in [6, 6.07) is 7.11. The number of nitrogens with one attached hydrogen (secondary N) is 1. The predicted octanol–water partition coefficient (Wildman–Crippen LogP) is 1.68. The van der Waals surface area contributed by atoms with Crippen LogP contribution in [0.1, 0.15) is 12.5 Å². The molecule has 0 saturated carbocycles. The fourth-order valence-electron chi connectivity index (χ4n) is 2.58. The molecule has 3 nitrogen and oxygen atoms in total. The third-order valence-corrected chi connectivity index (χ3v) is 3.84. The Kier molecular flexibility index (Phi) is 5.31. The number of nitrogens with zero attached hydrogens (tertiary/aromatic N) is 1. The molecule has 0 aliphatic carbocycles. The summed E-state index contributed by atoms with van der Waals surface area (Å²) in [5.74, 6) is -0.133. The van der Waals surface area contributed by atoms with Crippen LogP contribution >= 0.6 is 0 Å². The number of halogens is 1. The molecule has 1 aliphatic heterocycles. The van der Waals surface area contributed by atoms with Crippen LogP contribution in [0, 0.1) is 5.82 Å². The van der Waals surface area contributed by atoms with Gasteiger partial charge < -0.3 is 10.1 Å². The molecule has 19 heavy (non-hydrogen) atoms. The van der Waals surface area contributed by atoms with Crippen LogP contribution in [0.4, 0.5) is 4.39 Å². The van der Waals surface area contributed by atoms with Gasteiger partial charge in [0.05, 0.1) is 12.7 Å². The lowest BCUT2D eigenvalue weighted by Crippen LogP contribution is -2.52. The Morgan fingerprint density at radius 1 is 1.47 bits per heavy atom. The zero-order valence-electron chi connectivity index (χ0n) is 11.7. The summed E-state index contributed by atoms with van der Waals surface area (Å²) in [7, 11) is 1.92. The van der Waals surface area contributed by atoms with E-state index in [0.29, 0.717) is 6.42 Å². The molecule has 1 N–H and O–H groups in total. The third-order valence-electron chi connectivity index (χ3n) is 3.84. The van der Waals surface area contributed by atoms with Gasteiger partial charge in [-0.2, -0.15) is 0 Å². The maximum Gasteiger partial charge on any atom is 0.126 e. The first-order chi connectivity index (χ1) is 9.24. The summed E-state index contributed by atoms with van der Waals surface area (Å²) >= 11 is 0. The van der Waals surface area contributed by atoms with Crippen molar-refractivity contribution < 1.29 is 9.13 Å². The highest BCUT2D eigenvalue weighted by molar-refractivity contribution is 5.18.